The molecule has 3 rings (SSSR count). The van der Waals surface area contributed by atoms with Gasteiger partial charge in [0, 0.05) is 37.1 Å². The Morgan fingerprint density at radius 2 is 2.08 bits per heavy atom. The number of nitrogens with zero attached hydrogens (tertiary/aromatic N) is 4. The summed E-state index contributed by atoms with van der Waals surface area (Å²) in [7, 11) is -3.47. The quantitative estimate of drug-likeness (QED) is 0.696. The molecular formula is C15H19FN4O3S2. The van der Waals surface area contributed by atoms with Crippen LogP contribution in [0.1, 0.15) is 5.69 Å². The smallest absolute Gasteiger partial charge is 0.264 e. The minimum atomic E-state index is -3.47. The lowest BCUT2D eigenvalue weighted by molar-refractivity contribution is 0.324. The normalized spacial score (nSPS) is 15.5. The van der Waals surface area contributed by atoms with Crippen molar-refractivity contribution in [1.82, 2.24) is 15.0 Å². The lowest BCUT2D eigenvalue weighted by Gasteiger charge is -2.28. The average molecular weight is 386 g/mol. The third kappa shape index (κ3) is 4.93. The largest absolute Gasteiger partial charge is 0.368 e. The van der Waals surface area contributed by atoms with Crippen LogP contribution in [0.3, 0.4) is 0 Å². The fourth-order valence-corrected chi connectivity index (χ4v) is 3.82. The van der Waals surface area contributed by atoms with Gasteiger partial charge < -0.3 is 4.90 Å². The molecule has 136 valence electrons. The van der Waals surface area contributed by atoms with E-state index < -0.39 is 10.1 Å². The number of rotatable bonds is 6. The standard InChI is InChI=1S/C15H19FN4O3S2/c1-25(21,22)23-7-4-12-11-20(18-17-12)13-2-3-15(14(16)10-13)19-5-8-24-9-6-19/h2-3,10-11H,4-9H2,1H3. The minimum absolute atomic E-state index is 0.00219. The second kappa shape index (κ2) is 7.71. The Labute approximate surface area is 150 Å². The van der Waals surface area contributed by atoms with Crippen LogP contribution in [0.4, 0.5) is 10.1 Å². The number of anilines is 1. The molecule has 0 radical (unpaired) electrons. The van der Waals surface area contributed by atoms with Crippen LogP contribution in [0.25, 0.3) is 5.69 Å². The van der Waals surface area contributed by atoms with Crippen LogP contribution in [-0.4, -0.2) is 60.9 Å². The highest BCUT2D eigenvalue weighted by Gasteiger charge is 2.16. The summed E-state index contributed by atoms with van der Waals surface area (Å²) >= 11 is 1.88. The molecule has 0 spiro atoms. The zero-order chi connectivity index (χ0) is 17.9. The van der Waals surface area contributed by atoms with Crippen molar-refractivity contribution in [3.8, 4) is 5.69 Å². The third-order valence-electron chi connectivity index (χ3n) is 3.74. The van der Waals surface area contributed by atoms with Crippen molar-refractivity contribution in [1.29, 1.82) is 0 Å². The first-order valence-corrected chi connectivity index (χ1v) is 10.8. The van der Waals surface area contributed by atoms with Gasteiger partial charge >= 0.3 is 0 Å². The van der Waals surface area contributed by atoms with Crippen LogP contribution in [0, 0.1) is 5.82 Å². The predicted molar refractivity (Wildman–Crippen MR) is 95.4 cm³/mol. The molecule has 1 aliphatic rings. The molecule has 1 aromatic carbocycles. The van der Waals surface area contributed by atoms with Crippen molar-refractivity contribution >= 4 is 27.6 Å². The maximum absolute atomic E-state index is 14.5. The molecule has 0 aliphatic carbocycles. The Hall–Kier alpha value is -1.65. The maximum Gasteiger partial charge on any atom is 0.264 e. The van der Waals surface area contributed by atoms with E-state index in [9.17, 15) is 12.8 Å². The van der Waals surface area contributed by atoms with E-state index in [0.29, 0.717) is 23.5 Å². The van der Waals surface area contributed by atoms with Gasteiger partial charge in [0.1, 0.15) is 5.82 Å². The first-order valence-electron chi connectivity index (χ1n) is 7.80. The zero-order valence-electron chi connectivity index (χ0n) is 13.8. The highest BCUT2D eigenvalue weighted by Crippen LogP contribution is 2.24. The van der Waals surface area contributed by atoms with Gasteiger partial charge in [0.15, 0.2) is 0 Å². The van der Waals surface area contributed by atoms with Crippen LogP contribution in [0.15, 0.2) is 24.4 Å². The molecule has 1 aromatic heterocycles. The first kappa shape index (κ1) is 18.2. The van der Waals surface area contributed by atoms with Gasteiger partial charge in [0.25, 0.3) is 10.1 Å². The topological polar surface area (TPSA) is 77.3 Å². The van der Waals surface area contributed by atoms with Crippen LogP contribution in [-0.2, 0) is 20.7 Å². The summed E-state index contributed by atoms with van der Waals surface area (Å²) in [5.41, 5.74) is 1.74. The van der Waals surface area contributed by atoms with Crippen LogP contribution < -0.4 is 4.90 Å². The lowest BCUT2D eigenvalue weighted by Crippen LogP contribution is -2.33. The SMILES string of the molecule is CS(=O)(=O)OCCc1cn(-c2ccc(N3CCSCC3)c(F)c2)nn1. The summed E-state index contributed by atoms with van der Waals surface area (Å²) in [4.78, 5) is 2.05. The Bertz CT molecular complexity index is 835. The van der Waals surface area contributed by atoms with Gasteiger partial charge in [0.05, 0.1) is 36.1 Å². The molecule has 1 saturated heterocycles. The highest BCUT2D eigenvalue weighted by molar-refractivity contribution is 7.99. The number of aromatic nitrogens is 3. The minimum Gasteiger partial charge on any atom is -0.368 e. The molecule has 25 heavy (non-hydrogen) atoms. The van der Waals surface area contributed by atoms with Gasteiger partial charge in [-0.25, -0.2) is 9.07 Å². The van der Waals surface area contributed by atoms with E-state index in [1.165, 1.54) is 10.7 Å². The number of hydrogen-bond acceptors (Lipinski definition) is 7. The second-order valence-electron chi connectivity index (χ2n) is 5.67. The molecule has 0 atom stereocenters. The Kier molecular flexibility index (Phi) is 5.60. The molecule has 10 heteroatoms. The summed E-state index contributed by atoms with van der Waals surface area (Å²) in [6.45, 7) is 1.68. The monoisotopic (exact) mass is 386 g/mol. The fraction of sp³-hybridized carbons (Fsp3) is 0.467. The zero-order valence-corrected chi connectivity index (χ0v) is 15.4. The molecule has 0 N–H and O–H groups in total. The van der Waals surface area contributed by atoms with E-state index in [-0.39, 0.29) is 12.4 Å². The van der Waals surface area contributed by atoms with Gasteiger partial charge in [-0.05, 0) is 12.1 Å². The third-order valence-corrected chi connectivity index (χ3v) is 5.28. The predicted octanol–water partition coefficient (Wildman–Crippen LogP) is 1.48. The number of benzene rings is 1. The highest BCUT2D eigenvalue weighted by atomic mass is 32.2. The fourth-order valence-electron chi connectivity index (χ4n) is 2.54. The van der Waals surface area contributed by atoms with Crippen LogP contribution >= 0.6 is 11.8 Å². The molecular weight excluding hydrogens is 367 g/mol. The van der Waals surface area contributed by atoms with Crippen molar-refractivity contribution in [2.45, 2.75) is 6.42 Å². The summed E-state index contributed by atoms with van der Waals surface area (Å²) in [5, 5.41) is 7.92. The second-order valence-corrected chi connectivity index (χ2v) is 8.53. The van der Waals surface area contributed by atoms with Crippen molar-refractivity contribution < 1.29 is 17.0 Å². The van der Waals surface area contributed by atoms with E-state index in [1.807, 2.05) is 16.7 Å². The lowest BCUT2D eigenvalue weighted by atomic mass is 10.2. The molecule has 2 heterocycles. The molecule has 0 saturated carbocycles. The summed E-state index contributed by atoms with van der Waals surface area (Å²) < 4.78 is 42.5. The number of hydrogen-bond donors (Lipinski definition) is 0. The van der Waals surface area contributed by atoms with Gasteiger partial charge in [0.2, 0.25) is 0 Å². The summed E-state index contributed by atoms with van der Waals surface area (Å²) in [6.07, 6.45) is 2.94. The number of thioether (sulfide) groups is 1. The molecule has 0 bridgehead atoms. The molecule has 0 amide bonds. The van der Waals surface area contributed by atoms with Gasteiger partial charge in [-0.2, -0.15) is 20.2 Å². The Balaban J connectivity index is 1.69. The summed E-state index contributed by atoms with van der Waals surface area (Å²) in [6, 6.07) is 4.99. The van der Waals surface area contributed by atoms with E-state index in [1.54, 1.807) is 18.3 Å². The molecule has 0 unspecified atom stereocenters. The Morgan fingerprint density at radius 1 is 1.32 bits per heavy atom. The first-order chi connectivity index (χ1) is 11.9. The maximum atomic E-state index is 14.5. The van der Waals surface area contributed by atoms with Crippen molar-refractivity contribution in [2.24, 2.45) is 0 Å². The van der Waals surface area contributed by atoms with E-state index in [4.69, 9.17) is 0 Å². The van der Waals surface area contributed by atoms with Crippen molar-refractivity contribution in [3.05, 3.63) is 35.9 Å². The van der Waals surface area contributed by atoms with Gasteiger partial charge in [-0.1, -0.05) is 5.21 Å². The van der Waals surface area contributed by atoms with E-state index in [2.05, 4.69) is 14.5 Å². The van der Waals surface area contributed by atoms with Crippen LogP contribution in [0.2, 0.25) is 0 Å². The van der Waals surface area contributed by atoms with E-state index in [0.717, 1.165) is 30.9 Å². The van der Waals surface area contributed by atoms with Gasteiger partial charge in [-0.3, -0.25) is 4.18 Å². The molecule has 1 aliphatic heterocycles. The van der Waals surface area contributed by atoms with Crippen LogP contribution in [0.5, 0.6) is 0 Å². The molecule has 2 aromatic rings. The van der Waals surface area contributed by atoms with Gasteiger partial charge in [-0.15, -0.1) is 5.10 Å². The summed E-state index contributed by atoms with van der Waals surface area (Å²) in [5.74, 6) is 1.72. The van der Waals surface area contributed by atoms with Crippen molar-refractivity contribution in [3.63, 3.8) is 0 Å². The Morgan fingerprint density at radius 3 is 2.76 bits per heavy atom. The molecule has 7 nitrogen and oxygen atoms in total. The van der Waals surface area contributed by atoms with Crippen molar-refractivity contribution in [2.75, 3.05) is 42.4 Å². The molecule has 1 fully saturated rings. The average Bonchev–Trinajstić information content (AvgIpc) is 3.03. The van der Waals surface area contributed by atoms with E-state index >= 15 is 0 Å². The number of halogens is 1.